The molecule has 0 radical (unpaired) electrons. The number of nitrogens with zero attached hydrogens (tertiary/aromatic N) is 3. The second-order valence-electron chi connectivity index (χ2n) is 6.40. The lowest BCUT2D eigenvalue weighted by Gasteiger charge is -2.19. The highest BCUT2D eigenvalue weighted by molar-refractivity contribution is 5.94. The first-order chi connectivity index (χ1) is 13.7. The smallest absolute Gasteiger partial charge is 0.257 e. The van der Waals surface area contributed by atoms with Crippen LogP contribution in [-0.4, -0.2) is 40.5 Å². The molecule has 0 atom stereocenters. The lowest BCUT2D eigenvalue weighted by Crippen LogP contribution is -2.18. The summed E-state index contributed by atoms with van der Waals surface area (Å²) in [5.74, 6) is 2.07. The Labute approximate surface area is 162 Å². The number of fused-ring (bicyclic) bond motifs is 1. The molecule has 7 heteroatoms. The minimum atomic E-state index is 0.0456. The number of carbonyl (C=O) groups is 1. The van der Waals surface area contributed by atoms with Gasteiger partial charge in [0.15, 0.2) is 11.5 Å². The highest BCUT2D eigenvalue weighted by Gasteiger charge is 2.16. The molecule has 0 saturated heterocycles. The number of hydrogen-bond donors (Lipinski definition) is 1. The number of benzene rings is 1. The van der Waals surface area contributed by atoms with E-state index in [0.29, 0.717) is 31.2 Å². The van der Waals surface area contributed by atoms with Crippen LogP contribution in [0.15, 0.2) is 48.9 Å². The van der Waals surface area contributed by atoms with Gasteiger partial charge in [0.05, 0.1) is 5.69 Å². The van der Waals surface area contributed by atoms with Crippen molar-refractivity contribution in [2.24, 2.45) is 0 Å². The average molecular weight is 376 g/mol. The van der Waals surface area contributed by atoms with Crippen molar-refractivity contribution in [2.45, 2.75) is 13.3 Å². The first-order valence-corrected chi connectivity index (χ1v) is 9.11. The Kier molecular flexibility index (Phi) is 5.14. The molecule has 3 heterocycles. The number of anilines is 1. The van der Waals surface area contributed by atoms with E-state index < -0.39 is 0 Å². The van der Waals surface area contributed by atoms with Crippen LogP contribution in [-0.2, 0) is 6.42 Å². The highest BCUT2D eigenvalue weighted by atomic mass is 16.6. The number of rotatable bonds is 6. The van der Waals surface area contributed by atoms with E-state index in [1.807, 2.05) is 36.4 Å². The minimum absolute atomic E-state index is 0.0456. The molecule has 1 N–H and O–H groups in total. The van der Waals surface area contributed by atoms with Crippen molar-refractivity contribution in [3.63, 3.8) is 0 Å². The Hall–Kier alpha value is -3.48. The molecule has 0 amide bonds. The topological polar surface area (TPSA) is 86.2 Å². The summed E-state index contributed by atoms with van der Waals surface area (Å²) in [6, 6.07) is 11.2. The Bertz CT molecular complexity index is 989. The summed E-state index contributed by atoms with van der Waals surface area (Å²) in [6.07, 6.45) is 4.01. The summed E-state index contributed by atoms with van der Waals surface area (Å²) >= 11 is 0. The van der Waals surface area contributed by atoms with Gasteiger partial charge in [-0.05, 0) is 19.4 Å². The van der Waals surface area contributed by atoms with Crippen LogP contribution in [0.3, 0.4) is 0 Å². The quantitative estimate of drug-likeness (QED) is 0.661. The molecule has 1 aliphatic rings. The van der Waals surface area contributed by atoms with E-state index in [9.17, 15) is 4.79 Å². The average Bonchev–Trinajstić information content (AvgIpc) is 2.74. The fourth-order valence-electron chi connectivity index (χ4n) is 3.02. The molecule has 7 nitrogen and oxygen atoms in total. The molecular weight excluding hydrogens is 356 g/mol. The molecule has 0 fully saturated rings. The maximum absolute atomic E-state index is 11.4. The molecule has 3 aromatic rings. The van der Waals surface area contributed by atoms with Gasteiger partial charge in [0.25, 0.3) is 5.88 Å². The number of ether oxygens (including phenoxy) is 2. The maximum Gasteiger partial charge on any atom is 0.257 e. The second kappa shape index (κ2) is 8.04. The molecule has 0 spiro atoms. The van der Waals surface area contributed by atoms with Gasteiger partial charge in [0, 0.05) is 35.5 Å². The van der Waals surface area contributed by atoms with Crippen molar-refractivity contribution >= 4 is 11.6 Å². The summed E-state index contributed by atoms with van der Waals surface area (Å²) < 4.78 is 11.2. The molecule has 0 saturated carbocycles. The third kappa shape index (κ3) is 3.93. The van der Waals surface area contributed by atoms with Gasteiger partial charge >= 0.3 is 0 Å². The van der Waals surface area contributed by atoms with Gasteiger partial charge in [0.1, 0.15) is 25.4 Å². The van der Waals surface area contributed by atoms with Crippen LogP contribution < -0.4 is 14.8 Å². The Balaban J connectivity index is 1.42. The van der Waals surface area contributed by atoms with Crippen molar-refractivity contribution < 1.29 is 14.3 Å². The third-order valence-corrected chi connectivity index (χ3v) is 4.48. The fourth-order valence-corrected chi connectivity index (χ4v) is 3.02. The van der Waals surface area contributed by atoms with Crippen LogP contribution >= 0.6 is 0 Å². The van der Waals surface area contributed by atoms with E-state index in [4.69, 9.17) is 9.47 Å². The van der Waals surface area contributed by atoms with Gasteiger partial charge in [0.2, 0.25) is 0 Å². The molecular formula is C21H20N4O3. The van der Waals surface area contributed by atoms with Crippen LogP contribution in [0.4, 0.5) is 5.82 Å². The van der Waals surface area contributed by atoms with Gasteiger partial charge in [-0.1, -0.05) is 24.3 Å². The number of hydrogen-bond acceptors (Lipinski definition) is 7. The van der Waals surface area contributed by atoms with Gasteiger partial charge in [-0.15, -0.1) is 0 Å². The zero-order valence-electron chi connectivity index (χ0n) is 15.5. The molecule has 0 bridgehead atoms. The summed E-state index contributed by atoms with van der Waals surface area (Å²) in [7, 11) is 0. The molecule has 0 unspecified atom stereocenters. The largest absolute Gasteiger partial charge is 0.484 e. The number of Topliss-reactive ketones (excluding diaryl/α,β-unsaturated/α-hetero) is 1. The van der Waals surface area contributed by atoms with Crippen LogP contribution in [0.5, 0.6) is 11.6 Å². The summed E-state index contributed by atoms with van der Waals surface area (Å²) in [6.45, 7) is 3.30. The van der Waals surface area contributed by atoms with Crippen molar-refractivity contribution in [1.29, 1.82) is 0 Å². The summed E-state index contributed by atoms with van der Waals surface area (Å²) in [5, 5.41) is 3.32. The molecule has 28 heavy (non-hydrogen) atoms. The van der Waals surface area contributed by atoms with E-state index in [1.165, 1.54) is 6.33 Å². The van der Waals surface area contributed by atoms with E-state index >= 15 is 0 Å². The van der Waals surface area contributed by atoms with E-state index in [0.717, 1.165) is 34.8 Å². The number of aromatic nitrogens is 3. The molecule has 0 aliphatic carbocycles. The Morgan fingerprint density at radius 2 is 1.89 bits per heavy atom. The van der Waals surface area contributed by atoms with Crippen LogP contribution in [0.1, 0.15) is 22.8 Å². The van der Waals surface area contributed by atoms with Gasteiger partial charge < -0.3 is 14.8 Å². The number of pyridine rings is 1. The zero-order chi connectivity index (χ0) is 19.3. The monoisotopic (exact) mass is 376 g/mol. The molecule has 4 rings (SSSR count). The second-order valence-corrected chi connectivity index (χ2v) is 6.40. The van der Waals surface area contributed by atoms with E-state index in [-0.39, 0.29) is 5.78 Å². The maximum atomic E-state index is 11.4. The standard InChI is InChI=1S/C21H20N4O3/c1-14(26)15-2-4-16(5-3-15)18-12-19(25-13-24-18)22-8-6-17-7-9-23-21-20(17)27-10-11-28-21/h2-5,7,9,12-13H,6,8,10-11H2,1H3,(H,22,24,25). The number of carbonyl (C=O) groups excluding carboxylic acids is 1. The van der Waals surface area contributed by atoms with Gasteiger partial charge in [-0.2, -0.15) is 0 Å². The molecule has 1 aliphatic heterocycles. The van der Waals surface area contributed by atoms with Crippen molar-refractivity contribution in [1.82, 2.24) is 15.0 Å². The first kappa shape index (κ1) is 17.9. The van der Waals surface area contributed by atoms with Crippen LogP contribution in [0.25, 0.3) is 11.3 Å². The van der Waals surface area contributed by atoms with Crippen LogP contribution in [0, 0.1) is 0 Å². The first-order valence-electron chi connectivity index (χ1n) is 9.11. The minimum Gasteiger partial charge on any atom is -0.484 e. The number of nitrogens with one attached hydrogen (secondary N) is 1. The fraction of sp³-hybridized carbons (Fsp3) is 0.238. The summed E-state index contributed by atoms with van der Waals surface area (Å²) in [4.78, 5) is 24.2. The molecule has 142 valence electrons. The van der Waals surface area contributed by atoms with Gasteiger partial charge in [-0.3, -0.25) is 4.79 Å². The predicted molar refractivity (Wildman–Crippen MR) is 105 cm³/mol. The number of ketones is 1. The highest BCUT2D eigenvalue weighted by Crippen LogP contribution is 2.31. The molecule has 1 aromatic carbocycles. The van der Waals surface area contributed by atoms with Gasteiger partial charge in [-0.25, -0.2) is 15.0 Å². The Morgan fingerprint density at radius 1 is 1.07 bits per heavy atom. The molecule has 2 aromatic heterocycles. The van der Waals surface area contributed by atoms with E-state index in [1.54, 1.807) is 13.1 Å². The zero-order valence-corrected chi connectivity index (χ0v) is 15.5. The van der Waals surface area contributed by atoms with Crippen molar-refractivity contribution in [2.75, 3.05) is 25.1 Å². The summed E-state index contributed by atoms with van der Waals surface area (Å²) in [5.41, 5.74) is 3.46. The van der Waals surface area contributed by atoms with Crippen molar-refractivity contribution in [3.8, 4) is 22.9 Å². The van der Waals surface area contributed by atoms with E-state index in [2.05, 4.69) is 20.3 Å². The van der Waals surface area contributed by atoms with Crippen LogP contribution in [0.2, 0.25) is 0 Å². The van der Waals surface area contributed by atoms with Crippen molar-refractivity contribution in [3.05, 3.63) is 60.0 Å². The normalized spacial score (nSPS) is 12.5. The SMILES string of the molecule is CC(=O)c1ccc(-c2cc(NCCc3ccnc4c3OCCO4)ncn2)cc1. The third-order valence-electron chi connectivity index (χ3n) is 4.48. The predicted octanol–water partition coefficient (Wildman–Crippen LogP) is 3.17. The lowest BCUT2D eigenvalue weighted by molar-refractivity contribution is 0.101. The lowest BCUT2D eigenvalue weighted by atomic mass is 10.1. The Morgan fingerprint density at radius 3 is 2.71 bits per heavy atom.